The molecule has 0 saturated carbocycles. The second kappa shape index (κ2) is 12.3. The fraction of sp³-hybridized carbons (Fsp3) is 0.0556. The van der Waals surface area contributed by atoms with Crippen molar-refractivity contribution in [3.63, 3.8) is 0 Å². The number of para-hydroxylation sites is 2. The number of hydrogen-bond acceptors (Lipinski definition) is 5. The van der Waals surface area contributed by atoms with Gasteiger partial charge in [0.05, 0.1) is 11.0 Å². The van der Waals surface area contributed by atoms with Crippen LogP contribution in [0.15, 0.2) is 174 Å². The summed E-state index contributed by atoms with van der Waals surface area (Å²) in [6.07, 6.45) is 0. The number of thiophene rings is 1. The average Bonchev–Trinajstić information content (AvgIpc) is 4.02. The van der Waals surface area contributed by atoms with Gasteiger partial charge in [0.15, 0.2) is 17.5 Å². The van der Waals surface area contributed by atoms with Crippen molar-refractivity contribution in [1.82, 2.24) is 19.5 Å². The number of aromatic nitrogens is 4. The maximum Gasteiger partial charge on any atom is 0.165 e. The second-order valence-corrected chi connectivity index (χ2v) is 17.4. The van der Waals surface area contributed by atoms with Gasteiger partial charge < -0.3 is 8.98 Å². The van der Waals surface area contributed by atoms with E-state index in [4.69, 9.17) is 19.4 Å². The molecule has 0 N–H and O–H groups in total. The molecule has 282 valence electrons. The summed E-state index contributed by atoms with van der Waals surface area (Å²) in [5, 5.41) is 7.14. The Morgan fingerprint density at radius 2 is 1.17 bits per heavy atom. The predicted molar refractivity (Wildman–Crippen MR) is 248 cm³/mol. The fourth-order valence-electron chi connectivity index (χ4n) is 9.94. The number of furan rings is 1. The summed E-state index contributed by atoms with van der Waals surface area (Å²) in [5.74, 6) is 1.84. The lowest BCUT2D eigenvalue weighted by Gasteiger charge is -2.22. The topological polar surface area (TPSA) is 56.7 Å². The Labute approximate surface area is 348 Å². The first-order valence-corrected chi connectivity index (χ1v) is 21.2. The molecule has 0 fully saturated rings. The zero-order valence-electron chi connectivity index (χ0n) is 32.8. The van der Waals surface area contributed by atoms with Crippen LogP contribution in [-0.4, -0.2) is 19.5 Å². The van der Waals surface area contributed by atoms with Gasteiger partial charge in [0.1, 0.15) is 11.2 Å². The molecule has 4 aromatic heterocycles. The summed E-state index contributed by atoms with van der Waals surface area (Å²) in [5.41, 5.74) is 13.1. The highest BCUT2D eigenvalue weighted by atomic mass is 32.1. The summed E-state index contributed by atoms with van der Waals surface area (Å²) in [4.78, 5) is 15.8. The first-order chi connectivity index (χ1) is 29.5. The van der Waals surface area contributed by atoms with E-state index in [0.717, 1.165) is 54.5 Å². The molecule has 60 heavy (non-hydrogen) atoms. The van der Waals surface area contributed by atoms with E-state index in [1.165, 1.54) is 54.0 Å². The average molecular weight is 787 g/mol. The van der Waals surface area contributed by atoms with Crippen LogP contribution in [-0.2, 0) is 5.41 Å². The van der Waals surface area contributed by atoms with Crippen molar-refractivity contribution in [1.29, 1.82) is 0 Å². The van der Waals surface area contributed by atoms with Gasteiger partial charge in [0, 0.05) is 69.5 Å². The molecule has 0 bridgehead atoms. The minimum absolute atomic E-state index is 0.150. The van der Waals surface area contributed by atoms with Crippen LogP contribution >= 0.6 is 11.3 Å². The number of benzene rings is 8. The van der Waals surface area contributed by atoms with Crippen LogP contribution < -0.4 is 0 Å². The summed E-state index contributed by atoms with van der Waals surface area (Å²) >= 11 is 1.78. The zero-order chi connectivity index (χ0) is 39.7. The van der Waals surface area contributed by atoms with Crippen molar-refractivity contribution >= 4 is 75.3 Å². The second-order valence-electron chi connectivity index (χ2n) is 16.4. The predicted octanol–water partition coefficient (Wildman–Crippen LogP) is 14.5. The monoisotopic (exact) mass is 786 g/mol. The molecule has 1 aliphatic carbocycles. The van der Waals surface area contributed by atoms with Gasteiger partial charge in [-0.2, -0.15) is 0 Å². The molecule has 13 rings (SSSR count). The third-order valence-electron chi connectivity index (χ3n) is 12.6. The SMILES string of the molecule is CC1(C)c2ccccc2-c2ccc3c(c21)c1ccccc1n3-c1cccc(-c2nc(-c3ccc4c(c3)oc3ccccc34)nc(-c3cccc4c3sc3ccccc34)n2)c1. The van der Waals surface area contributed by atoms with E-state index >= 15 is 0 Å². The standard InChI is InChI=1S/C54H34N4OS/c1-54(2)42-21-7-3-15-34(42)38-27-28-44-48(49(38)54)40-18-4-8-22-43(40)58(44)33-14-11-13-31(29-33)51-55-52(32-25-26-36-35-16-5-9-23-45(35)59-46(36)30-32)57-53(56-51)41-20-12-19-39-37-17-6-10-24-47(37)60-50(39)41/h3-30H,1-2H3. The molecule has 0 saturated heterocycles. The molecule has 0 atom stereocenters. The van der Waals surface area contributed by atoms with Gasteiger partial charge >= 0.3 is 0 Å². The molecule has 0 radical (unpaired) electrons. The third kappa shape index (κ3) is 4.71. The maximum absolute atomic E-state index is 6.35. The van der Waals surface area contributed by atoms with Gasteiger partial charge in [-0.05, 0) is 76.9 Å². The van der Waals surface area contributed by atoms with Gasteiger partial charge in [-0.1, -0.05) is 129 Å². The van der Waals surface area contributed by atoms with E-state index in [1.54, 1.807) is 11.3 Å². The fourth-order valence-corrected chi connectivity index (χ4v) is 11.1. The molecule has 0 amide bonds. The molecule has 5 nitrogen and oxygen atoms in total. The summed E-state index contributed by atoms with van der Waals surface area (Å²) in [6, 6.07) is 60.4. The molecule has 0 spiro atoms. The van der Waals surface area contributed by atoms with Crippen LogP contribution in [0.1, 0.15) is 25.0 Å². The Hall–Kier alpha value is -7.41. The smallest absolute Gasteiger partial charge is 0.165 e. The first-order valence-electron chi connectivity index (χ1n) is 20.4. The van der Waals surface area contributed by atoms with Gasteiger partial charge in [-0.3, -0.25) is 0 Å². The van der Waals surface area contributed by atoms with E-state index in [1.807, 2.05) is 18.2 Å². The highest BCUT2D eigenvalue weighted by Crippen LogP contribution is 2.53. The van der Waals surface area contributed by atoms with E-state index in [9.17, 15) is 0 Å². The highest BCUT2D eigenvalue weighted by Gasteiger charge is 2.38. The molecule has 0 aliphatic heterocycles. The number of nitrogens with zero attached hydrogens (tertiary/aromatic N) is 4. The molecular formula is C54H34N4OS. The minimum Gasteiger partial charge on any atom is -0.456 e. The van der Waals surface area contributed by atoms with Crippen molar-refractivity contribution < 1.29 is 4.42 Å². The van der Waals surface area contributed by atoms with Crippen molar-refractivity contribution in [2.24, 2.45) is 0 Å². The lowest BCUT2D eigenvalue weighted by atomic mass is 9.80. The lowest BCUT2D eigenvalue weighted by molar-refractivity contribution is 0.666. The molecule has 6 heteroatoms. The Morgan fingerprint density at radius 1 is 0.483 bits per heavy atom. The van der Waals surface area contributed by atoms with Crippen LogP contribution in [0.2, 0.25) is 0 Å². The lowest BCUT2D eigenvalue weighted by Crippen LogP contribution is -2.15. The van der Waals surface area contributed by atoms with Crippen LogP contribution in [0.3, 0.4) is 0 Å². The zero-order valence-corrected chi connectivity index (χ0v) is 33.6. The van der Waals surface area contributed by atoms with Crippen LogP contribution in [0.25, 0.3) is 115 Å². The first kappa shape index (κ1) is 33.6. The van der Waals surface area contributed by atoms with E-state index in [-0.39, 0.29) is 5.41 Å². The molecule has 8 aromatic carbocycles. The van der Waals surface area contributed by atoms with Crippen LogP contribution in [0.5, 0.6) is 0 Å². The van der Waals surface area contributed by atoms with Crippen molar-refractivity contribution in [3.8, 4) is 51.0 Å². The van der Waals surface area contributed by atoms with Crippen molar-refractivity contribution in [2.45, 2.75) is 19.3 Å². The summed E-state index contributed by atoms with van der Waals surface area (Å²) in [7, 11) is 0. The largest absolute Gasteiger partial charge is 0.456 e. The van der Waals surface area contributed by atoms with Crippen LogP contribution in [0, 0.1) is 0 Å². The highest BCUT2D eigenvalue weighted by molar-refractivity contribution is 7.26. The van der Waals surface area contributed by atoms with Crippen molar-refractivity contribution in [2.75, 3.05) is 0 Å². The van der Waals surface area contributed by atoms with E-state index in [2.05, 4.69) is 170 Å². The number of rotatable bonds is 4. The number of hydrogen-bond donors (Lipinski definition) is 0. The molecule has 4 heterocycles. The van der Waals surface area contributed by atoms with Gasteiger partial charge in [-0.25, -0.2) is 15.0 Å². The summed E-state index contributed by atoms with van der Waals surface area (Å²) < 4.78 is 11.2. The van der Waals surface area contributed by atoms with E-state index < -0.39 is 0 Å². The molecule has 1 aliphatic rings. The van der Waals surface area contributed by atoms with Gasteiger partial charge in [0.2, 0.25) is 0 Å². The molecule has 12 aromatic rings. The molecule has 0 unspecified atom stereocenters. The van der Waals surface area contributed by atoms with Crippen LogP contribution in [0.4, 0.5) is 0 Å². The Morgan fingerprint density at radius 3 is 2.07 bits per heavy atom. The van der Waals surface area contributed by atoms with Gasteiger partial charge in [-0.15, -0.1) is 11.3 Å². The van der Waals surface area contributed by atoms with E-state index in [0.29, 0.717) is 17.5 Å². The quantitative estimate of drug-likeness (QED) is 0.178. The minimum atomic E-state index is -0.150. The Kier molecular flexibility index (Phi) is 6.88. The number of fused-ring (bicyclic) bond motifs is 13. The Balaban J connectivity index is 1.03. The third-order valence-corrected chi connectivity index (χ3v) is 13.9. The Bertz CT molecular complexity index is 3770. The summed E-state index contributed by atoms with van der Waals surface area (Å²) in [6.45, 7) is 4.73. The van der Waals surface area contributed by atoms with Crippen molar-refractivity contribution in [3.05, 3.63) is 181 Å². The molecular weight excluding hydrogens is 753 g/mol. The normalized spacial score (nSPS) is 13.3. The van der Waals surface area contributed by atoms with Gasteiger partial charge in [0.25, 0.3) is 0 Å². The maximum atomic E-state index is 6.35.